The highest BCUT2D eigenvalue weighted by Gasteiger charge is 2.22. The summed E-state index contributed by atoms with van der Waals surface area (Å²) < 4.78 is 5.21. The van der Waals surface area contributed by atoms with Crippen LogP contribution in [0.1, 0.15) is 24.0 Å². The van der Waals surface area contributed by atoms with Gasteiger partial charge in [-0.1, -0.05) is 48.0 Å². The van der Waals surface area contributed by atoms with Crippen LogP contribution in [0.4, 0.5) is 0 Å². The minimum absolute atomic E-state index is 0.126. The quantitative estimate of drug-likeness (QED) is 0.449. The number of esters is 1. The molecule has 26 heavy (non-hydrogen) atoms. The summed E-state index contributed by atoms with van der Waals surface area (Å²) >= 11 is 0. The predicted molar refractivity (Wildman–Crippen MR) is 94.7 cm³/mol. The normalized spacial score (nSPS) is 11.4. The Hall–Kier alpha value is -3.41. The van der Waals surface area contributed by atoms with Crippen LogP contribution in [-0.4, -0.2) is 28.1 Å². The number of aryl methyl sites for hydroxylation is 1. The molecule has 0 amide bonds. The molecule has 0 unspecified atom stereocenters. The van der Waals surface area contributed by atoms with Gasteiger partial charge in [-0.25, -0.2) is 4.79 Å². The van der Waals surface area contributed by atoms with E-state index in [2.05, 4.69) is 0 Å². The molecule has 0 bridgehead atoms. The summed E-state index contributed by atoms with van der Waals surface area (Å²) in [5, 5.41) is 18.5. The molecule has 0 radical (unpaired) electrons. The van der Waals surface area contributed by atoms with Gasteiger partial charge in [0.2, 0.25) is 0 Å². The van der Waals surface area contributed by atoms with Crippen molar-refractivity contribution in [1.29, 1.82) is 0 Å². The molecule has 6 nitrogen and oxygen atoms in total. The van der Waals surface area contributed by atoms with Crippen molar-refractivity contribution in [2.45, 2.75) is 19.8 Å². The molecule has 0 atom stereocenters. The maximum atomic E-state index is 12.3. The van der Waals surface area contributed by atoms with E-state index in [1.807, 2.05) is 6.92 Å². The number of carboxylic acid groups (broad SMARTS) is 2. The van der Waals surface area contributed by atoms with E-state index < -0.39 is 24.3 Å². The summed E-state index contributed by atoms with van der Waals surface area (Å²) in [5.41, 5.74) is 1.21. The number of carboxylic acids is 2. The molecular weight excluding hydrogens is 336 g/mol. The summed E-state index contributed by atoms with van der Waals surface area (Å²) in [6, 6.07) is 15.2. The van der Waals surface area contributed by atoms with Gasteiger partial charge < -0.3 is 14.9 Å². The molecule has 2 N–H and O–H groups in total. The second-order valence-corrected chi connectivity index (χ2v) is 5.66. The smallest absolute Gasteiger partial charge is 0.332 e. The predicted octanol–water partition coefficient (Wildman–Crippen LogP) is 3.30. The first kappa shape index (κ1) is 18.9. The molecule has 2 rings (SSSR count). The van der Waals surface area contributed by atoms with Crippen LogP contribution in [-0.2, 0) is 14.4 Å². The van der Waals surface area contributed by atoms with E-state index in [4.69, 9.17) is 9.84 Å². The second kappa shape index (κ2) is 8.62. The van der Waals surface area contributed by atoms with E-state index >= 15 is 0 Å². The molecule has 2 aromatic rings. The number of ether oxygens (including phenoxy) is 1. The van der Waals surface area contributed by atoms with Gasteiger partial charge in [-0.2, -0.15) is 0 Å². The zero-order valence-electron chi connectivity index (χ0n) is 14.1. The van der Waals surface area contributed by atoms with Crippen molar-refractivity contribution in [2.75, 3.05) is 0 Å². The largest absolute Gasteiger partial charge is 0.481 e. The topological polar surface area (TPSA) is 101 Å². The Kier molecular flexibility index (Phi) is 6.27. The lowest BCUT2D eigenvalue weighted by atomic mass is 9.94. The van der Waals surface area contributed by atoms with E-state index in [-0.39, 0.29) is 17.6 Å². The summed E-state index contributed by atoms with van der Waals surface area (Å²) in [6.07, 6.45) is -1.05. The highest BCUT2D eigenvalue weighted by Crippen LogP contribution is 2.26. The molecule has 0 heterocycles. The lowest BCUT2D eigenvalue weighted by molar-refractivity contribution is -0.139. The van der Waals surface area contributed by atoms with Crippen molar-refractivity contribution in [1.82, 2.24) is 0 Å². The van der Waals surface area contributed by atoms with Crippen LogP contribution in [0.25, 0.3) is 5.57 Å². The van der Waals surface area contributed by atoms with Crippen molar-refractivity contribution < 1.29 is 29.3 Å². The van der Waals surface area contributed by atoms with E-state index in [9.17, 15) is 19.5 Å². The Bertz CT molecular complexity index is 834. The molecule has 0 aromatic heterocycles. The SMILES string of the molecule is Cc1ccc(C(CC(=O)Oc2ccccc2)=C(CC(=O)O)C(=O)O)cc1. The summed E-state index contributed by atoms with van der Waals surface area (Å²) in [7, 11) is 0. The van der Waals surface area contributed by atoms with Gasteiger partial charge in [0.25, 0.3) is 0 Å². The zero-order valence-corrected chi connectivity index (χ0v) is 14.1. The Morgan fingerprint density at radius 3 is 2.04 bits per heavy atom. The van der Waals surface area contributed by atoms with E-state index in [0.717, 1.165) is 5.56 Å². The average Bonchev–Trinajstić information content (AvgIpc) is 2.59. The number of hydrogen-bond acceptors (Lipinski definition) is 4. The lowest BCUT2D eigenvalue weighted by Crippen LogP contribution is -2.14. The van der Waals surface area contributed by atoms with Gasteiger partial charge in [0.05, 0.1) is 18.4 Å². The Morgan fingerprint density at radius 2 is 1.50 bits per heavy atom. The fourth-order valence-corrected chi connectivity index (χ4v) is 2.40. The summed E-state index contributed by atoms with van der Waals surface area (Å²) in [4.78, 5) is 34.9. The van der Waals surface area contributed by atoms with Crippen molar-refractivity contribution in [3.05, 3.63) is 71.3 Å². The molecule has 0 aliphatic rings. The number of aliphatic carboxylic acids is 2. The first-order chi connectivity index (χ1) is 12.4. The van der Waals surface area contributed by atoms with Gasteiger partial charge >= 0.3 is 17.9 Å². The van der Waals surface area contributed by atoms with Crippen LogP contribution in [0.15, 0.2) is 60.2 Å². The molecule has 0 aliphatic carbocycles. The number of carbonyl (C=O) groups excluding carboxylic acids is 1. The summed E-state index contributed by atoms with van der Waals surface area (Å²) in [6.45, 7) is 1.87. The third kappa shape index (κ3) is 5.31. The monoisotopic (exact) mass is 354 g/mol. The van der Waals surface area contributed by atoms with Crippen molar-refractivity contribution in [3.63, 3.8) is 0 Å². The fourth-order valence-electron chi connectivity index (χ4n) is 2.40. The minimum Gasteiger partial charge on any atom is -0.481 e. The van der Waals surface area contributed by atoms with Gasteiger partial charge in [-0.15, -0.1) is 0 Å². The van der Waals surface area contributed by atoms with Crippen LogP contribution in [0.2, 0.25) is 0 Å². The zero-order chi connectivity index (χ0) is 19.1. The van der Waals surface area contributed by atoms with Crippen LogP contribution in [0.3, 0.4) is 0 Å². The first-order valence-electron chi connectivity index (χ1n) is 7.86. The van der Waals surface area contributed by atoms with Crippen molar-refractivity contribution >= 4 is 23.5 Å². The molecular formula is C20H18O6. The minimum atomic E-state index is -1.38. The Balaban J connectivity index is 2.39. The van der Waals surface area contributed by atoms with Crippen LogP contribution in [0, 0.1) is 6.92 Å². The number of rotatable bonds is 7. The Labute approximate surface area is 150 Å². The summed E-state index contributed by atoms with van der Waals surface area (Å²) in [5.74, 6) is -3.01. The molecule has 0 spiro atoms. The van der Waals surface area contributed by atoms with Crippen LogP contribution >= 0.6 is 0 Å². The maximum Gasteiger partial charge on any atom is 0.332 e. The maximum absolute atomic E-state index is 12.3. The molecule has 0 aliphatic heterocycles. The van der Waals surface area contributed by atoms with E-state index in [1.165, 1.54) is 0 Å². The molecule has 0 saturated carbocycles. The van der Waals surface area contributed by atoms with E-state index in [0.29, 0.717) is 11.3 Å². The number of hydrogen-bond donors (Lipinski definition) is 2. The van der Waals surface area contributed by atoms with Crippen LogP contribution in [0.5, 0.6) is 5.75 Å². The molecule has 0 saturated heterocycles. The third-order valence-electron chi connectivity index (χ3n) is 3.65. The molecule has 6 heteroatoms. The fraction of sp³-hybridized carbons (Fsp3) is 0.150. The molecule has 2 aromatic carbocycles. The van der Waals surface area contributed by atoms with Gasteiger partial charge in [-0.05, 0) is 30.2 Å². The van der Waals surface area contributed by atoms with Crippen LogP contribution < -0.4 is 4.74 Å². The van der Waals surface area contributed by atoms with Gasteiger partial charge in [0, 0.05) is 0 Å². The number of benzene rings is 2. The van der Waals surface area contributed by atoms with Gasteiger partial charge in [0.15, 0.2) is 0 Å². The van der Waals surface area contributed by atoms with Crippen molar-refractivity contribution in [2.24, 2.45) is 0 Å². The Morgan fingerprint density at radius 1 is 0.885 bits per heavy atom. The van der Waals surface area contributed by atoms with Gasteiger partial charge in [-0.3, -0.25) is 9.59 Å². The van der Waals surface area contributed by atoms with E-state index in [1.54, 1.807) is 54.6 Å². The highest BCUT2D eigenvalue weighted by molar-refractivity contribution is 6.03. The number of para-hydroxylation sites is 1. The standard InChI is InChI=1S/C20H18O6/c1-13-7-9-14(10-8-13)16(17(20(24)25)11-18(21)22)12-19(23)26-15-5-3-2-4-6-15/h2-10H,11-12H2,1H3,(H,21,22)(H,24,25). The molecule has 0 fully saturated rings. The van der Waals surface area contributed by atoms with Gasteiger partial charge in [0.1, 0.15) is 5.75 Å². The first-order valence-corrected chi connectivity index (χ1v) is 7.86. The molecule has 134 valence electrons. The average molecular weight is 354 g/mol. The highest BCUT2D eigenvalue weighted by atomic mass is 16.5. The third-order valence-corrected chi connectivity index (χ3v) is 3.65. The van der Waals surface area contributed by atoms with Crippen molar-refractivity contribution in [3.8, 4) is 5.75 Å². The second-order valence-electron chi connectivity index (χ2n) is 5.66. The lowest BCUT2D eigenvalue weighted by Gasteiger charge is -2.12. The number of carbonyl (C=O) groups is 3.